The fourth-order valence-corrected chi connectivity index (χ4v) is 3.25. The first-order valence-corrected chi connectivity index (χ1v) is 8.94. The number of rotatable bonds is 6. The van der Waals surface area contributed by atoms with Crippen LogP contribution in [-0.2, 0) is 11.3 Å². The van der Waals surface area contributed by atoms with Crippen LogP contribution in [0, 0.1) is 0 Å². The van der Waals surface area contributed by atoms with Crippen LogP contribution in [0.15, 0.2) is 60.1 Å². The van der Waals surface area contributed by atoms with Crippen LogP contribution in [0.25, 0.3) is 6.08 Å². The molecule has 0 saturated carbocycles. The zero-order chi connectivity index (χ0) is 17.6. The van der Waals surface area contributed by atoms with Crippen molar-refractivity contribution in [3.05, 3.63) is 76.3 Å². The second-order valence-corrected chi connectivity index (χ2v) is 6.78. The molecule has 0 aliphatic rings. The Balaban J connectivity index is 1.61. The molecule has 6 heteroatoms. The van der Waals surface area contributed by atoms with Gasteiger partial charge >= 0.3 is 0 Å². The van der Waals surface area contributed by atoms with Crippen molar-refractivity contribution in [2.24, 2.45) is 0 Å². The molecule has 1 unspecified atom stereocenters. The Morgan fingerprint density at radius 2 is 2.08 bits per heavy atom. The van der Waals surface area contributed by atoms with Crippen molar-refractivity contribution in [1.82, 2.24) is 19.9 Å². The normalized spacial score (nSPS) is 12.4. The summed E-state index contributed by atoms with van der Waals surface area (Å²) >= 11 is 1.65. The summed E-state index contributed by atoms with van der Waals surface area (Å²) in [5.74, 6) is -0.0569. The van der Waals surface area contributed by atoms with E-state index in [1.807, 2.05) is 68.0 Å². The molecule has 0 spiro atoms. The van der Waals surface area contributed by atoms with E-state index >= 15 is 0 Å². The van der Waals surface area contributed by atoms with Crippen LogP contribution in [0.1, 0.15) is 29.1 Å². The highest BCUT2D eigenvalue weighted by Crippen LogP contribution is 2.23. The second-order valence-electron chi connectivity index (χ2n) is 5.80. The van der Waals surface area contributed by atoms with E-state index in [0.717, 1.165) is 10.4 Å². The van der Waals surface area contributed by atoms with Crippen LogP contribution in [0.3, 0.4) is 0 Å². The number of hydrogen-bond acceptors (Lipinski definition) is 4. The molecule has 3 aromatic rings. The highest BCUT2D eigenvalue weighted by Gasteiger charge is 2.16. The molecular weight excluding hydrogens is 332 g/mol. The molecule has 0 aliphatic heterocycles. The van der Waals surface area contributed by atoms with Gasteiger partial charge in [0.2, 0.25) is 5.91 Å². The van der Waals surface area contributed by atoms with Gasteiger partial charge in [0.05, 0.1) is 18.8 Å². The minimum Gasteiger partial charge on any atom is -0.335 e. The van der Waals surface area contributed by atoms with Crippen molar-refractivity contribution in [3.63, 3.8) is 0 Å². The van der Waals surface area contributed by atoms with E-state index in [9.17, 15) is 4.79 Å². The Morgan fingerprint density at radius 3 is 2.80 bits per heavy atom. The van der Waals surface area contributed by atoms with Gasteiger partial charge in [-0.05, 0) is 30.0 Å². The van der Waals surface area contributed by atoms with Crippen molar-refractivity contribution in [1.29, 1.82) is 0 Å². The molecule has 0 fully saturated rings. The van der Waals surface area contributed by atoms with E-state index in [2.05, 4.69) is 10.3 Å². The summed E-state index contributed by atoms with van der Waals surface area (Å²) in [6.45, 7) is 2.68. The Kier molecular flexibility index (Phi) is 5.40. The minimum atomic E-state index is -0.0569. The van der Waals surface area contributed by atoms with Crippen molar-refractivity contribution in [2.45, 2.75) is 19.5 Å². The largest absolute Gasteiger partial charge is 0.335 e. The van der Waals surface area contributed by atoms with Gasteiger partial charge in [-0.15, -0.1) is 16.4 Å². The molecule has 0 bridgehead atoms. The lowest BCUT2D eigenvalue weighted by Gasteiger charge is -2.22. The van der Waals surface area contributed by atoms with Crippen LogP contribution in [0.4, 0.5) is 0 Å². The third-order valence-electron chi connectivity index (χ3n) is 4.02. The van der Waals surface area contributed by atoms with Gasteiger partial charge in [-0.25, -0.2) is 4.68 Å². The molecule has 1 amide bonds. The average molecular weight is 352 g/mol. The third-order valence-corrected chi connectivity index (χ3v) is 5.07. The van der Waals surface area contributed by atoms with E-state index < -0.39 is 0 Å². The first-order chi connectivity index (χ1) is 12.1. The van der Waals surface area contributed by atoms with Crippen LogP contribution in [0.5, 0.6) is 0 Å². The van der Waals surface area contributed by atoms with Gasteiger partial charge < -0.3 is 4.90 Å². The molecule has 1 atom stereocenters. The first-order valence-electron chi connectivity index (χ1n) is 8.06. The van der Waals surface area contributed by atoms with E-state index in [1.165, 1.54) is 0 Å². The zero-order valence-corrected chi connectivity index (χ0v) is 15.1. The monoisotopic (exact) mass is 352 g/mol. The highest BCUT2D eigenvalue weighted by molar-refractivity contribution is 7.10. The Hall–Kier alpha value is -2.73. The fourth-order valence-electron chi connectivity index (χ4n) is 2.42. The predicted octanol–water partition coefficient (Wildman–Crippen LogP) is 3.62. The van der Waals surface area contributed by atoms with Gasteiger partial charge in [0.25, 0.3) is 0 Å². The zero-order valence-electron chi connectivity index (χ0n) is 14.2. The molecule has 2 aromatic heterocycles. The quantitative estimate of drug-likeness (QED) is 0.637. The SMILES string of the molecule is CC(c1cccs1)N(C)C(=O)/C=C/c1cn(Cc2ccccc2)nn1. The lowest BCUT2D eigenvalue weighted by Crippen LogP contribution is -2.27. The molecule has 0 saturated heterocycles. The summed E-state index contributed by atoms with van der Waals surface area (Å²) in [6.07, 6.45) is 5.08. The van der Waals surface area contributed by atoms with Crippen molar-refractivity contribution in [3.8, 4) is 0 Å². The number of hydrogen-bond donors (Lipinski definition) is 0. The summed E-state index contributed by atoms with van der Waals surface area (Å²) < 4.78 is 1.76. The topological polar surface area (TPSA) is 51.0 Å². The average Bonchev–Trinajstić information content (AvgIpc) is 3.31. The third kappa shape index (κ3) is 4.42. The lowest BCUT2D eigenvalue weighted by atomic mass is 10.2. The first kappa shape index (κ1) is 17.1. The standard InChI is InChI=1S/C19H20N4OS/c1-15(18-9-6-12-25-18)22(2)19(24)11-10-17-14-23(21-20-17)13-16-7-4-3-5-8-16/h3-12,14-15H,13H2,1-2H3/b11-10+. The molecule has 2 heterocycles. The minimum absolute atomic E-state index is 0.0471. The molecular formula is C19H20N4OS. The van der Waals surface area contributed by atoms with Crippen LogP contribution in [-0.4, -0.2) is 32.8 Å². The molecule has 1 aromatic carbocycles. The molecule has 0 aliphatic carbocycles. The van der Waals surface area contributed by atoms with Crippen LogP contribution in [0.2, 0.25) is 0 Å². The molecule has 25 heavy (non-hydrogen) atoms. The van der Waals surface area contributed by atoms with Gasteiger partial charge in [-0.1, -0.05) is 41.6 Å². The smallest absolute Gasteiger partial charge is 0.246 e. The van der Waals surface area contributed by atoms with Crippen molar-refractivity contribution < 1.29 is 4.79 Å². The van der Waals surface area contributed by atoms with Gasteiger partial charge in [0.15, 0.2) is 0 Å². The van der Waals surface area contributed by atoms with E-state index in [4.69, 9.17) is 0 Å². The molecule has 5 nitrogen and oxygen atoms in total. The van der Waals surface area contributed by atoms with Gasteiger partial charge in [-0.2, -0.15) is 0 Å². The van der Waals surface area contributed by atoms with E-state index in [1.54, 1.807) is 33.1 Å². The number of carbonyl (C=O) groups excluding carboxylic acids is 1. The maximum absolute atomic E-state index is 12.3. The number of thiophene rings is 1. The molecule has 128 valence electrons. The maximum atomic E-state index is 12.3. The van der Waals surface area contributed by atoms with E-state index in [0.29, 0.717) is 12.2 Å². The molecule has 0 radical (unpaired) electrons. The van der Waals surface area contributed by atoms with Gasteiger partial charge in [-0.3, -0.25) is 4.79 Å². The Bertz CT molecular complexity index is 839. The Morgan fingerprint density at radius 1 is 1.28 bits per heavy atom. The second kappa shape index (κ2) is 7.90. The number of benzene rings is 1. The summed E-state index contributed by atoms with van der Waals surface area (Å²) in [7, 11) is 1.81. The predicted molar refractivity (Wildman–Crippen MR) is 100 cm³/mol. The maximum Gasteiger partial charge on any atom is 0.246 e. The summed E-state index contributed by atoms with van der Waals surface area (Å²) in [6, 6.07) is 14.1. The summed E-state index contributed by atoms with van der Waals surface area (Å²) in [4.78, 5) is 15.2. The molecule has 3 rings (SSSR count). The van der Waals surface area contributed by atoms with Crippen molar-refractivity contribution in [2.75, 3.05) is 7.05 Å². The number of amides is 1. The number of likely N-dealkylation sites (N-methyl/N-ethyl adjacent to an activating group) is 1. The van der Waals surface area contributed by atoms with Crippen molar-refractivity contribution >= 4 is 23.3 Å². The number of carbonyl (C=O) groups is 1. The summed E-state index contributed by atoms with van der Waals surface area (Å²) in [5.41, 5.74) is 1.82. The van der Waals surface area contributed by atoms with Crippen LogP contribution < -0.4 is 0 Å². The Labute approximate surface area is 151 Å². The summed E-state index contributed by atoms with van der Waals surface area (Å²) in [5, 5.41) is 10.2. The van der Waals surface area contributed by atoms with E-state index in [-0.39, 0.29) is 11.9 Å². The van der Waals surface area contributed by atoms with Gasteiger partial charge in [0, 0.05) is 18.0 Å². The fraction of sp³-hybridized carbons (Fsp3) is 0.211. The van der Waals surface area contributed by atoms with Gasteiger partial charge in [0.1, 0.15) is 5.69 Å². The highest BCUT2D eigenvalue weighted by atomic mass is 32.1. The lowest BCUT2D eigenvalue weighted by molar-refractivity contribution is -0.126. The number of nitrogens with zero attached hydrogens (tertiary/aromatic N) is 4. The number of aromatic nitrogens is 3. The molecule has 0 N–H and O–H groups in total. The van der Waals surface area contributed by atoms with Crippen LogP contribution >= 0.6 is 11.3 Å².